The molecular weight excluding hydrogens is 290 g/mol. The first-order valence-corrected chi connectivity index (χ1v) is 7.75. The van der Waals surface area contributed by atoms with Gasteiger partial charge in [0.25, 0.3) is 5.91 Å². The van der Waals surface area contributed by atoms with Crippen LogP contribution in [0, 0.1) is 13.8 Å². The highest BCUT2D eigenvalue weighted by Gasteiger charge is 2.13. The summed E-state index contributed by atoms with van der Waals surface area (Å²) in [6, 6.07) is 15.4. The summed E-state index contributed by atoms with van der Waals surface area (Å²) in [6.07, 6.45) is -0.544. The summed E-state index contributed by atoms with van der Waals surface area (Å²) in [5, 5.41) is 2.81. The summed E-state index contributed by atoms with van der Waals surface area (Å²) >= 11 is 0. The van der Waals surface area contributed by atoms with Gasteiger partial charge >= 0.3 is 0 Å². The zero-order valence-electron chi connectivity index (χ0n) is 13.8. The van der Waals surface area contributed by atoms with Gasteiger partial charge < -0.3 is 14.8 Å². The van der Waals surface area contributed by atoms with Crippen molar-refractivity contribution in [3.8, 4) is 11.5 Å². The molecule has 0 aliphatic carbocycles. The van der Waals surface area contributed by atoms with E-state index in [1.54, 1.807) is 6.92 Å². The number of aryl methyl sites for hydroxylation is 2. The predicted octanol–water partition coefficient (Wildman–Crippen LogP) is 3.27. The smallest absolute Gasteiger partial charge is 0.260 e. The molecule has 2 aromatic carbocycles. The van der Waals surface area contributed by atoms with Gasteiger partial charge in [-0.1, -0.05) is 35.4 Å². The molecule has 1 N–H and O–H groups in total. The Labute approximate surface area is 137 Å². The lowest BCUT2D eigenvalue weighted by Crippen LogP contribution is -2.38. The zero-order chi connectivity index (χ0) is 16.7. The Morgan fingerprint density at radius 2 is 1.48 bits per heavy atom. The summed E-state index contributed by atoms with van der Waals surface area (Å²) in [5.41, 5.74) is 2.34. The van der Waals surface area contributed by atoms with Crippen LogP contribution < -0.4 is 14.8 Å². The van der Waals surface area contributed by atoms with Gasteiger partial charge in [0, 0.05) is 0 Å². The molecule has 0 aromatic heterocycles. The zero-order valence-corrected chi connectivity index (χ0v) is 13.8. The monoisotopic (exact) mass is 313 g/mol. The first kappa shape index (κ1) is 16.9. The Bertz CT molecular complexity index is 620. The van der Waals surface area contributed by atoms with Crippen molar-refractivity contribution in [2.24, 2.45) is 0 Å². The summed E-state index contributed by atoms with van der Waals surface area (Å²) in [4.78, 5) is 12.0. The number of carbonyl (C=O) groups is 1. The average molecular weight is 313 g/mol. The minimum Gasteiger partial charge on any atom is -0.492 e. The normalized spacial score (nSPS) is 11.6. The Balaban J connectivity index is 1.69. The molecule has 0 aliphatic heterocycles. The van der Waals surface area contributed by atoms with Crippen LogP contribution >= 0.6 is 0 Å². The van der Waals surface area contributed by atoms with E-state index in [0.29, 0.717) is 18.9 Å². The van der Waals surface area contributed by atoms with E-state index in [2.05, 4.69) is 5.32 Å². The third-order valence-corrected chi connectivity index (χ3v) is 3.39. The van der Waals surface area contributed by atoms with Gasteiger partial charge in [-0.15, -0.1) is 0 Å². The molecule has 0 saturated heterocycles. The number of nitrogens with one attached hydrogen (secondary N) is 1. The fourth-order valence-corrected chi connectivity index (χ4v) is 2.00. The highest BCUT2D eigenvalue weighted by molar-refractivity contribution is 5.80. The number of ether oxygens (including phenoxy) is 2. The molecule has 0 spiro atoms. The van der Waals surface area contributed by atoms with Crippen LogP contribution in [0.4, 0.5) is 0 Å². The highest BCUT2D eigenvalue weighted by atomic mass is 16.5. The molecule has 2 rings (SSSR count). The molecule has 1 amide bonds. The molecule has 23 heavy (non-hydrogen) atoms. The highest BCUT2D eigenvalue weighted by Crippen LogP contribution is 2.13. The van der Waals surface area contributed by atoms with E-state index in [4.69, 9.17) is 9.47 Å². The van der Waals surface area contributed by atoms with Gasteiger partial charge in [-0.2, -0.15) is 0 Å². The van der Waals surface area contributed by atoms with Crippen LogP contribution in [0.25, 0.3) is 0 Å². The van der Waals surface area contributed by atoms with E-state index in [-0.39, 0.29) is 5.91 Å². The molecule has 122 valence electrons. The summed E-state index contributed by atoms with van der Waals surface area (Å²) in [7, 11) is 0. The van der Waals surface area contributed by atoms with Gasteiger partial charge in [0.15, 0.2) is 6.10 Å². The summed E-state index contributed by atoms with van der Waals surface area (Å²) in [6.45, 7) is 6.63. The molecule has 0 fully saturated rings. The van der Waals surface area contributed by atoms with Gasteiger partial charge in [0.2, 0.25) is 0 Å². The molecule has 0 radical (unpaired) electrons. The Morgan fingerprint density at radius 1 is 0.957 bits per heavy atom. The second-order valence-corrected chi connectivity index (χ2v) is 5.53. The van der Waals surface area contributed by atoms with Crippen molar-refractivity contribution in [1.29, 1.82) is 0 Å². The topological polar surface area (TPSA) is 47.6 Å². The molecule has 4 nitrogen and oxygen atoms in total. The van der Waals surface area contributed by atoms with Crippen molar-refractivity contribution in [2.45, 2.75) is 26.9 Å². The minimum absolute atomic E-state index is 0.155. The molecule has 0 bridgehead atoms. The van der Waals surface area contributed by atoms with Crippen molar-refractivity contribution in [2.75, 3.05) is 13.2 Å². The minimum atomic E-state index is -0.544. The van der Waals surface area contributed by atoms with Crippen molar-refractivity contribution >= 4 is 5.91 Å². The first-order valence-electron chi connectivity index (χ1n) is 7.75. The van der Waals surface area contributed by atoms with Gasteiger partial charge in [0.1, 0.15) is 18.1 Å². The number of hydrogen-bond acceptors (Lipinski definition) is 3. The van der Waals surface area contributed by atoms with Crippen LogP contribution in [0.15, 0.2) is 48.5 Å². The fraction of sp³-hybridized carbons (Fsp3) is 0.316. The summed E-state index contributed by atoms with van der Waals surface area (Å²) in [5.74, 6) is 1.33. The van der Waals surface area contributed by atoms with E-state index in [1.165, 1.54) is 5.56 Å². The van der Waals surface area contributed by atoms with Crippen LogP contribution in [0.1, 0.15) is 18.1 Å². The van der Waals surface area contributed by atoms with Crippen LogP contribution in [-0.4, -0.2) is 25.2 Å². The van der Waals surface area contributed by atoms with Crippen molar-refractivity contribution in [3.05, 3.63) is 59.7 Å². The average Bonchev–Trinajstić information content (AvgIpc) is 2.55. The van der Waals surface area contributed by atoms with Gasteiger partial charge in [-0.3, -0.25) is 4.79 Å². The molecule has 4 heteroatoms. The second-order valence-electron chi connectivity index (χ2n) is 5.53. The van der Waals surface area contributed by atoms with E-state index < -0.39 is 6.10 Å². The Kier molecular flexibility index (Phi) is 6.03. The molecular formula is C19H23NO3. The lowest BCUT2D eigenvalue weighted by molar-refractivity contribution is -0.127. The van der Waals surface area contributed by atoms with Crippen LogP contribution in [-0.2, 0) is 4.79 Å². The number of carbonyl (C=O) groups excluding carboxylic acids is 1. The molecule has 0 aliphatic rings. The third kappa shape index (κ3) is 5.66. The third-order valence-electron chi connectivity index (χ3n) is 3.39. The van der Waals surface area contributed by atoms with Gasteiger partial charge in [-0.05, 0) is 45.0 Å². The van der Waals surface area contributed by atoms with E-state index in [0.717, 1.165) is 11.3 Å². The second kappa shape index (κ2) is 8.22. The molecule has 0 heterocycles. The lowest BCUT2D eigenvalue weighted by Gasteiger charge is -2.15. The Hall–Kier alpha value is -2.49. The number of amides is 1. The number of benzene rings is 2. The fourth-order valence-electron chi connectivity index (χ4n) is 2.00. The van der Waals surface area contributed by atoms with Crippen LogP contribution in [0.3, 0.4) is 0 Å². The molecule has 0 saturated carbocycles. The first-order chi connectivity index (χ1) is 11.0. The van der Waals surface area contributed by atoms with E-state index in [9.17, 15) is 4.79 Å². The molecule has 2 aromatic rings. The van der Waals surface area contributed by atoms with Crippen molar-refractivity contribution < 1.29 is 14.3 Å². The van der Waals surface area contributed by atoms with Crippen molar-refractivity contribution in [1.82, 2.24) is 5.32 Å². The SMILES string of the molecule is Cc1ccc(OCCNC(=O)[C@@H](C)Oc2ccc(C)cc2)cc1. The number of hydrogen-bond donors (Lipinski definition) is 1. The van der Waals surface area contributed by atoms with Gasteiger partial charge in [0.05, 0.1) is 6.54 Å². The molecule has 0 unspecified atom stereocenters. The Morgan fingerprint density at radius 3 is 2.04 bits per heavy atom. The van der Waals surface area contributed by atoms with Crippen molar-refractivity contribution in [3.63, 3.8) is 0 Å². The van der Waals surface area contributed by atoms with Crippen LogP contribution in [0.5, 0.6) is 11.5 Å². The maximum atomic E-state index is 12.0. The largest absolute Gasteiger partial charge is 0.492 e. The predicted molar refractivity (Wildman–Crippen MR) is 91.0 cm³/mol. The maximum Gasteiger partial charge on any atom is 0.260 e. The maximum absolute atomic E-state index is 12.0. The molecule has 1 atom stereocenters. The standard InChI is InChI=1S/C19H23NO3/c1-14-4-8-17(9-5-14)22-13-12-20-19(21)16(3)23-18-10-6-15(2)7-11-18/h4-11,16H,12-13H2,1-3H3,(H,20,21)/t16-/m1/s1. The number of rotatable bonds is 7. The van der Waals surface area contributed by atoms with Crippen LogP contribution in [0.2, 0.25) is 0 Å². The summed E-state index contributed by atoms with van der Waals surface area (Å²) < 4.78 is 11.2. The quantitative estimate of drug-likeness (QED) is 0.798. The lowest BCUT2D eigenvalue weighted by atomic mass is 10.2. The van der Waals surface area contributed by atoms with E-state index >= 15 is 0 Å². The van der Waals surface area contributed by atoms with Gasteiger partial charge in [-0.25, -0.2) is 0 Å². The van der Waals surface area contributed by atoms with E-state index in [1.807, 2.05) is 62.4 Å².